The van der Waals surface area contributed by atoms with Crippen LogP contribution in [0.25, 0.3) is 11.3 Å². The topological polar surface area (TPSA) is 108 Å². The van der Waals surface area contributed by atoms with Crippen LogP contribution in [0.4, 0.5) is 10.2 Å². The highest BCUT2D eigenvalue weighted by molar-refractivity contribution is 5.63. The van der Waals surface area contributed by atoms with Crippen LogP contribution in [0.5, 0.6) is 5.88 Å². The van der Waals surface area contributed by atoms with Crippen molar-refractivity contribution in [3.8, 4) is 17.1 Å². The molecule has 3 heterocycles. The second-order valence-corrected chi connectivity index (χ2v) is 10.7. The number of nitrogens with two attached hydrogens (primary N) is 1. The average molecular weight is 515 g/mol. The van der Waals surface area contributed by atoms with Crippen molar-refractivity contribution < 1.29 is 18.6 Å². The molecule has 3 fully saturated rings. The molecule has 2 aromatic rings. The van der Waals surface area contributed by atoms with Gasteiger partial charge in [-0.25, -0.2) is 14.4 Å². The molecule has 0 radical (unpaired) electrons. The molecule has 202 valence electrons. The maximum Gasteiger partial charge on any atom is 0.232 e. The molecule has 3 N–H and O–H groups in total. The predicted octanol–water partition coefficient (Wildman–Crippen LogP) is 3.40. The van der Waals surface area contributed by atoms with Crippen LogP contribution in [-0.2, 0) is 9.47 Å². The quantitative estimate of drug-likeness (QED) is 0.466. The van der Waals surface area contributed by atoms with Gasteiger partial charge in [0, 0.05) is 50.6 Å². The molecule has 5 rings (SSSR count). The van der Waals surface area contributed by atoms with Crippen molar-refractivity contribution in [1.82, 2.24) is 19.9 Å². The van der Waals surface area contributed by atoms with Crippen molar-refractivity contribution in [2.24, 2.45) is 5.73 Å². The minimum Gasteiger partial charge on any atom is -0.475 e. The lowest BCUT2D eigenvalue weighted by atomic mass is 9.90. The molecular formula is C27H39FN6O3. The fourth-order valence-electron chi connectivity index (χ4n) is 5.43. The lowest BCUT2D eigenvalue weighted by molar-refractivity contribution is 0.0335. The number of ether oxygens (including phenoxy) is 3. The van der Waals surface area contributed by atoms with Gasteiger partial charge in [0.1, 0.15) is 12.4 Å². The summed E-state index contributed by atoms with van der Waals surface area (Å²) in [5.74, 6) is 0.528. The minimum absolute atomic E-state index is 0.312. The number of hydrogen-bond donors (Lipinski definition) is 2. The molecule has 0 unspecified atom stereocenters. The Hall–Kier alpha value is -2.40. The van der Waals surface area contributed by atoms with Crippen LogP contribution in [0.3, 0.4) is 0 Å². The third-order valence-electron chi connectivity index (χ3n) is 7.83. The molecule has 0 atom stereocenters. The highest BCUT2D eigenvalue weighted by Crippen LogP contribution is 2.34. The highest BCUT2D eigenvalue weighted by Gasteiger charge is 2.35. The van der Waals surface area contributed by atoms with Gasteiger partial charge in [-0.3, -0.25) is 9.88 Å². The van der Waals surface area contributed by atoms with Gasteiger partial charge in [0.25, 0.3) is 0 Å². The van der Waals surface area contributed by atoms with Crippen molar-refractivity contribution in [2.75, 3.05) is 45.4 Å². The second kappa shape index (κ2) is 12.0. The summed E-state index contributed by atoms with van der Waals surface area (Å²) in [7, 11) is 1.77. The number of nitrogens with zero attached hydrogens (tertiary/aromatic N) is 4. The first-order valence-electron chi connectivity index (χ1n) is 13.5. The third kappa shape index (κ3) is 6.93. The van der Waals surface area contributed by atoms with Gasteiger partial charge in [-0.1, -0.05) is 0 Å². The molecule has 37 heavy (non-hydrogen) atoms. The van der Waals surface area contributed by atoms with Crippen molar-refractivity contribution in [3.63, 3.8) is 0 Å². The van der Waals surface area contributed by atoms with E-state index in [4.69, 9.17) is 19.9 Å². The van der Waals surface area contributed by atoms with Crippen LogP contribution in [0, 0.1) is 5.82 Å². The largest absolute Gasteiger partial charge is 0.475 e. The van der Waals surface area contributed by atoms with Crippen LogP contribution in [-0.4, -0.2) is 83.6 Å². The summed E-state index contributed by atoms with van der Waals surface area (Å²) in [6.45, 7) is 3.35. The van der Waals surface area contributed by atoms with E-state index in [9.17, 15) is 4.39 Å². The summed E-state index contributed by atoms with van der Waals surface area (Å²) in [6, 6.07) is 3.38. The molecule has 0 aromatic carbocycles. The number of halogens is 1. The standard InChI is InChI=1S/C27H39FN6O3/c1-35-13-10-34(21-6-7-21)20-4-2-19(3-5-20)32-25-14-22(23(28)15-31-25)24-16-30-17-26(33-24)37-18-27(29)8-11-36-12-9-27/h14-17,19-21H,2-13,18,29H2,1H3,(H,31,32). The molecule has 0 spiro atoms. The Labute approximate surface area is 218 Å². The number of hydrogen-bond acceptors (Lipinski definition) is 9. The minimum atomic E-state index is -0.451. The molecule has 3 aliphatic rings. The van der Waals surface area contributed by atoms with Gasteiger partial charge >= 0.3 is 0 Å². The van der Waals surface area contributed by atoms with E-state index in [1.807, 2.05) is 0 Å². The first-order valence-corrected chi connectivity index (χ1v) is 13.5. The van der Waals surface area contributed by atoms with E-state index in [1.165, 1.54) is 25.2 Å². The maximum absolute atomic E-state index is 14.8. The second-order valence-electron chi connectivity index (χ2n) is 10.7. The number of anilines is 1. The van der Waals surface area contributed by atoms with E-state index < -0.39 is 11.4 Å². The number of methoxy groups -OCH3 is 1. The zero-order valence-corrected chi connectivity index (χ0v) is 21.7. The Bertz CT molecular complexity index is 1020. The van der Waals surface area contributed by atoms with Gasteiger partial charge in [0.15, 0.2) is 5.82 Å². The average Bonchev–Trinajstić information content (AvgIpc) is 3.76. The van der Waals surface area contributed by atoms with Crippen LogP contribution in [0.2, 0.25) is 0 Å². The van der Waals surface area contributed by atoms with Gasteiger partial charge in [0.05, 0.1) is 36.4 Å². The van der Waals surface area contributed by atoms with Gasteiger partial charge in [-0.05, 0) is 57.4 Å². The fraction of sp³-hybridized carbons (Fsp3) is 0.667. The van der Waals surface area contributed by atoms with Gasteiger partial charge in [-0.15, -0.1) is 0 Å². The van der Waals surface area contributed by atoms with Crippen molar-refractivity contribution >= 4 is 5.82 Å². The third-order valence-corrected chi connectivity index (χ3v) is 7.83. The monoisotopic (exact) mass is 514 g/mol. The smallest absolute Gasteiger partial charge is 0.232 e. The van der Waals surface area contributed by atoms with Crippen molar-refractivity contribution in [2.45, 2.75) is 75.0 Å². The molecule has 2 saturated carbocycles. The lowest BCUT2D eigenvalue weighted by Crippen LogP contribution is -2.49. The predicted molar refractivity (Wildman–Crippen MR) is 139 cm³/mol. The molecule has 2 aromatic heterocycles. The summed E-state index contributed by atoms with van der Waals surface area (Å²) in [5, 5.41) is 3.52. The first kappa shape index (κ1) is 26.2. The van der Waals surface area contributed by atoms with E-state index in [-0.39, 0.29) is 0 Å². The Balaban J connectivity index is 1.19. The van der Waals surface area contributed by atoms with Crippen LogP contribution < -0.4 is 15.8 Å². The Morgan fingerprint density at radius 1 is 1.11 bits per heavy atom. The fourth-order valence-corrected chi connectivity index (χ4v) is 5.43. The molecule has 0 bridgehead atoms. The zero-order valence-electron chi connectivity index (χ0n) is 21.7. The Kier molecular flexibility index (Phi) is 8.49. The van der Waals surface area contributed by atoms with Crippen molar-refractivity contribution in [3.05, 3.63) is 30.5 Å². The molecule has 9 nitrogen and oxygen atoms in total. The SMILES string of the molecule is COCCN(C1CCC(Nc2cc(-c3cncc(OCC4(N)CCOCC4)n3)c(F)cn2)CC1)C1CC1. The number of nitrogens with one attached hydrogen (secondary N) is 1. The summed E-state index contributed by atoms with van der Waals surface area (Å²) >= 11 is 0. The molecule has 10 heteroatoms. The Morgan fingerprint density at radius 3 is 2.54 bits per heavy atom. The molecule has 1 aliphatic heterocycles. The first-order chi connectivity index (χ1) is 18.0. The maximum atomic E-state index is 14.8. The lowest BCUT2D eigenvalue weighted by Gasteiger charge is -2.37. The molecule has 2 aliphatic carbocycles. The van der Waals surface area contributed by atoms with Crippen LogP contribution in [0.1, 0.15) is 51.4 Å². The highest BCUT2D eigenvalue weighted by atomic mass is 19.1. The van der Waals surface area contributed by atoms with Crippen LogP contribution >= 0.6 is 0 Å². The number of aromatic nitrogens is 3. The van der Waals surface area contributed by atoms with Gasteiger partial charge in [0.2, 0.25) is 5.88 Å². The van der Waals surface area contributed by atoms with Crippen LogP contribution in [0.15, 0.2) is 24.7 Å². The van der Waals surface area contributed by atoms with E-state index in [0.29, 0.717) is 54.9 Å². The summed E-state index contributed by atoms with van der Waals surface area (Å²) in [5.41, 5.74) is 6.71. The zero-order chi connectivity index (χ0) is 25.7. The number of pyridine rings is 1. The summed E-state index contributed by atoms with van der Waals surface area (Å²) in [6.07, 6.45) is 12.8. The number of rotatable bonds is 11. The van der Waals surface area contributed by atoms with Gasteiger partial charge < -0.3 is 25.3 Å². The molecular weight excluding hydrogens is 475 g/mol. The van der Waals surface area contributed by atoms with E-state index in [2.05, 4.69) is 25.2 Å². The van der Waals surface area contributed by atoms with E-state index in [0.717, 1.165) is 57.7 Å². The van der Waals surface area contributed by atoms with Gasteiger partial charge in [-0.2, -0.15) is 0 Å². The molecule has 1 saturated heterocycles. The normalized spacial score (nSPS) is 23.7. The summed E-state index contributed by atoms with van der Waals surface area (Å²) < 4.78 is 31.4. The van der Waals surface area contributed by atoms with E-state index in [1.54, 1.807) is 19.4 Å². The van der Waals surface area contributed by atoms with Crippen molar-refractivity contribution in [1.29, 1.82) is 0 Å². The Morgan fingerprint density at radius 2 is 1.84 bits per heavy atom. The molecule has 0 amide bonds. The summed E-state index contributed by atoms with van der Waals surface area (Å²) in [4.78, 5) is 15.7. The van der Waals surface area contributed by atoms with E-state index >= 15 is 0 Å².